The monoisotopic (exact) mass is 791 g/mol. The van der Waals surface area contributed by atoms with E-state index in [1.165, 1.54) is 148 Å². The molecule has 9 nitrogen and oxygen atoms in total. The second-order valence-electron chi connectivity index (χ2n) is 15.4. The molecule has 0 aromatic heterocycles. The van der Waals surface area contributed by atoms with Gasteiger partial charge in [-0.1, -0.05) is 193 Å². The quantitative estimate of drug-likeness (QED) is 0.0239. The molecule has 0 heterocycles. The van der Waals surface area contributed by atoms with Crippen molar-refractivity contribution in [3.63, 3.8) is 0 Å². The molecule has 10 heteroatoms. The van der Waals surface area contributed by atoms with Gasteiger partial charge in [0.05, 0.1) is 26.4 Å². The molecule has 54 heavy (non-hydrogen) atoms. The Balaban J connectivity index is 4.01. The number of hydrogen-bond acceptors (Lipinski definition) is 8. The van der Waals surface area contributed by atoms with Crippen molar-refractivity contribution < 1.29 is 43.0 Å². The minimum Gasteiger partial charge on any atom is -0.457 e. The van der Waals surface area contributed by atoms with Gasteiger partial charge in [-0.25, -0.2) is 4.57 Å². The van der Waals surface area contributed by atoms with Crippen molar-refractivity contribution in [2.75, 3.05) is 33.0 Å². The summed E-state index contributed by atoms with van der Waals surface area (Å²) in [5.74, 6) is -0.380. The lowest BCUT2D eigenvalue weighted by Crippen LogP contribution is -2.29. The molecule has 0 saturated carbocycles. The Labute approximate surface area is 332 Å². The summed E-state index contributed by atoms with van der Waals surface area (Å²) in [6.07, 6.45) is 41.8. The number of allylic oxidation sites excluding steroid dienone is 2. The summed E-state index contributed by atoms with van der Waals surface area (Å²) in [5, 5.41) is 18.3. The number of hydrogen-bond donors (Lipinski definition) is 3. The third-order valence-corrected chi connectivity index (χ3v) is 10.9. The van der Waals surface area contributed by atoms with Gasteiger partial charge in [-0.15, -0.1) is 0 Å². The highest BCUT2D eigenvalue weighted by atomic mass is 31.2. The van der Waals surface area contributed by atoms with Gasteiger partial charge in [0.25, 0.3) is 0 Å². The third-order valence-electron chi connectivity index (χ3n) is 9.93. The number of carbonyl (C=O) groups excluding carboxylic acids is 1. The maximum atomic E-state index is 12.6. The number of carbonyl (C=O) groups is 1. The molecule has 0 amide bonds. The van der Waals surface area contributed by atoms with Crippen molar-refractivity contribution >= 4 is 13.8 Å². The first-order valence-electron chi connectivity index (χ1n) is 22.7. The van der Waals surface area contributed by atoms with Gasteiger partial charge in [0.1, 0.15) is 12.2 Å². The van der Waals surface area contributed by atoms with Crippen molar-refractivity contribution in [3.8, 4) is 0 Å². The van der Waals surface area contributed by atoms with Gasteiger partial charge in [-0.05, 0) is 32.1 Å². The Morgan fingerprint density at radius 2 is 0.981 bits per heavy atom. The predicted molar refractivity (Wildman–Crippen MR) is 224 cm³/mol. The van der Waals surface area contributed by atoms with Crippen LogP contribution < -0.4 is 0 Å². The molecule has 0 rings (SSSR count). The number of phosphoric ester groups is 1. The highest BCUT2D eigenvalue weighted by Gasteiger charge is 2.26. The molecule has 0 bridgehead atoms. The maximum absolute atomic E-state index is 12.6. The molecule has 0 aliphatic heterocycles. The molecule has 0 radical (unpaired) electrons. The molecule has 0 aromatic carbocycles. The molecule has 3 atom stereocenters. The van der Waals surface area contributed by atoms with Crippen LogP contribution in [0.25, 0.3) is 0 Å². The first kappa shape index (κ1) is 53.2. The molecule has 322 valence electrons. The Bertz CT molecular complexity index is 856. The zero-order valence-corrected chi connectivity index (χ0v) is 36.1. The topological polar surface area (TPSA) is 132 Å². The smallest absolute Gasteiger partial charge is 0.457 e. The van der Waals surface area contributed by atoms with Crippen LogP contribution in [0.4, 0.5) is 0 Å². The van der Waals surface area contributed by atoms with Crippen molar-refractivity contribution in [2.24, 2.45) is 0 Å². The fourth-order valence-corrected chi connectivity index (χ4v) is 7.27. The number of rotatable bonds is 44. The molecule has 0 spiro atoms. The van der Waals surface area contributed by atoms with Crippen molar-refractivity contribution in [3.05, 3.63) is 12.2 Å². The number of unbranched alkanes of at least 4 members (excludes halogenated alkanes) is 28. The molecular formula is C44H87O9P. The third kappa shape index (κ3) is 40.9. The summed E-state index contributed by atoms with van der Waals surface area (Å²) in [6.45, 7) is 3.49. The van der Waals surface area contributed by atoms with Gasteiger partial charge in [-0.2, -0.15) is 0 Å². The average Bonchev–Trinajstić information content (AvgIpc) is 3.16. The molecular weight excluding hydrogens is 703 g/mol. The van der Waals surface area contributed by atoms with E-state index in [0.717, 1.165) is 51.4 Å². The second kappa shape index (κ2) is 41.8. The van der Waals surface area contributed by atoms with Crippen molar-refractivity contribution in [2.45, 2.75) is 232 Å². The summed E-state index contributed by atoms with van der Waals surface area (Å²) in [7, 11) is -4.51. The van der Waals surface area contributed by atoms with Gasteiger partial charge in [0.2, 0.25) is 0 Å². The second-order valence-corrected chi connectivity index (χ2v) is 16.9. The lowest BCUT2D eigenvalue weighted by molar-refractivity contribution is -0.154. The van der Waals surface area contributed by atoms with E-state index in [1.807, 2.05) is 0 Å². The van der Waals surface area contributed by atoms with Gasteiger partial charge in [-0.3, -0.25) is 13.8 Å². The normalized spacial score (nSPS) is 14.1. The number of aliphatic hydroxyl groups is 2. The van der Waals surface area contributed by atoms with Crippen molar-refractivity contribution in [1.82, 2.24) is 0 Å². The van der Waals surface area contributed by atoms with Gasteiger partial charge < -0.3 is 24.6 Å². The number of phosphoric acid groups is 1. The van der Waals surface area contributed by atoms with Crippen molar-refractivity contribution in [1.29, 1.82) is 0 Å². The highest BCUT2D eigenvalue weighted by Crippen LogP contribution is 2.43. The van der Waals surface area contributed by atoms with Crippen LogP contribution in [0.15, 0.2) is 12.2 Å². The van der Waals surface area contributed by atoms with Crippen LogP contribution in [0.5, 0.6) is 0 Å². The SMILES string of the molecule is CCC/C=C\CCCCCCCCOCC(COP(=O)(O)OCC(O)CO)OC(=O)CCCCCCCCCCCCCCCCCCCCCCCC. The standard InChI is InChI=1S/C44H87O9P/c1-3-5-7-9-11-13-15-16-17-18-19-20-21-22-23-24-25-26-28-30-32-34-36-44(47)53-43(41-52-54(48,49)51-39-42(46)38-45)40-50-37-35-33-31-29-27-14-12-10-8-6-4-2/h8,10,42-43,45-46H,3-7,9,11-41H2,1-2H3,(H,48,49)/b10-8-. The molecule has 3 N–H and O–H groups in total. The summed E-state index contributed by atoms with van der Waals surface area (Å²) in [5.41, 5.74) is 0. The minimum atomic E-state index is -4.51. The fourth-order valence-electron chi connectivity index (χ4n) is 6.48. The molecule has 0 fully saturated rings. The van der Waals surface area contributed by atoms with Crippen LogP contribution in [0.3, 0.4) is 0 Å². The highest BCUT2D eigenvalue weighted by molar-refractivity contribution is 7.47. The Hall–Kier alpha value is -0.800. The van der Waals surface area contributed by atoms with Crippen LogP contribution in [0.2, 0.25) is 0 Å². The van der Waals surface area contributed by atoms with Gasteiger partial charge in [0.15, 0.2) is 0 Å². The first-order valence-corrected chi connectivity index (χ1v) is 24.2. The van der Waals surface area contributed by atoms with E-state index in [2.05, 4.69) is 26.0 Å². The Morgan fingerprint density at radius 1 is 0.556 bits per heavy atom. The van der Waals surface area contributed by atoms with Crippen LogP contribution in [-0.4, -0.2) is 66.3 Å². The summed E-state index contributed by atoms with van der Waals surface area (Å²) >= 11 is 0. The van der Waals surface area contributed by atoms with Crippen LogP contribution in [-0.2, 0) is 27.9 Å². The van der Waals surface area contributed by atoms with E-state index in [1.54, 1.807) is 0 Å². The van der Waals surface area contributed by atoms with E-state index in [9.17, 15) is 19.4 Å². The van der Waals surface area contributed by atoms with E-state index in [0.29, 0.717) is 6.61 Å². The molecule has 0 aliphatic rings. The van der Waals surface area contributed by atoms with E-state index in [4.69, 9.17) is 23.6 Å². The maximum Gasteiger partial charge on any atom is 0.472 e. The molecule has 3 unspecified atom stereocenters. The minimum absolute atomic E-state index is 0.0501. The molecule has 0 saturated heterocycles. The number of aliphatic hydroxyl groups excluding tert-OH is 2. The molecule has 0 aliphatic carbocycles. The summed E-state index contributed by atoms with van der Waals surface area (Å²) < 4.78 is 33.3. The summed E-state index contributed by atoms with van der Waals surface area (Å²) in [4.78, 5) is 22.6. The van der Waals surface area contributed by atoms with Gasteiger partial charge >= 0.3 is 13.8 Å². The van der Waals surface area contributed by atoms with E-state index >= 15 is 0 Å². The Kier molecular flexibility index (Phi) is 41.2. The molecule has 0 aromatic rings. The number of esters is 1. The van der Waals surface area contributed by atoms with E-state index < -0.39 is 33.2 Å². The zero-order valence-electron chi connectivity index (χ0n) is 35.2. The number of ether oxygens (including phenoxy) is 2. The Morgan fingerprint density at radius 3 is 1.46 bits per heavy atom. The predicted octanol–water partition coefficient (Wildman–Crippen LogP) is 12.5. The van der Waals surface area contributed by atoms with E-state index in [-0.39, 0.29) is 25.6 Å². The van der Waals surface area contributed by atoms with Gasteiger partial charge in [0, 0.05) is 13.0 Å². The van der Waals surface area contributed by atoms with Crippen LogP contribution >= 0.6 is 7.82 Å². The first-order chi connectivity index (χ1) is 26.3. The largest absolute Gasteiger partial charge is 0.472 e. The lowest BCUT2D eigenvalue weighted by atomic mass is 10.0. The zero-order chi connectivity index (χ0) is 39.6. The lowest BCUT2D eigenvalue weighted by Gasteiger charge is -2.20. The van der Waals surface area contributed by atoms with Crippen LogP contribution in [0, 0.1) is 0 Å². The fraction of sp³-hybridized carbons (Fsp3) is 0.932. The average molecular weight is 791 g/mol. The van der Waals surface area contributed by atoms with Crippen LogP contribution in [0.1, 0.15) is 219 Å². The summed E-state index contributed by atoms with van der Waals surface area (Å²) in [6, 6.07) is 0.